The molecule has 0 aliphatic carbocycles. The Bertz CT molecular complexity index is 1670. The van der Waals surface area contributed by atoms with Crippen molar-refractivity contribution in [1.29, 1.82) is 0 Å². The summed E-state index contributed by atoms with van der Waals surface area (Å²) in [6.07, 6.45) is -3.98. The molecular formula is C28H26ClF5N6O3. The van der Waals surface area contributed by atoms with Gasteiger partial charge >= 0.3 is 12.2 Å². The molecule has 1 aromatic carbocycles. The van der Waals surface area contributed by atoms with Crippen LogP contribution in [0.5, 0.6) is 11.9 Å². The van der Waals surface area contributed by atoms with Crippen molar-refractivity contribution in [2.24, 2.45) is 5.41 Å². The molecule has 0 saturated carbocycles. The van der Waals surface area contributed by atoms with E-state index < -0.39 is 45.5 Å². The first-order chi connectivity index (χ1) is 20.5. The van der Waals surface area contributed by atoms with Crippen LogP contribution in [-0.2, 0) is 10.9 Å². The van der Waals surface area contributed by atoms with E-state index in [0.29, 0.717) is 38.5 Å². The maximum absolute atomic E-state index is 16.5. The molecule has 7 heterocycles. The smallest absolute Gasteiger partial charge is 0.418 e. The van der Waals surface area contributed by atoms with E-state index in [-0.39, 0.29) is 53.2 Å². The minimum atomic E-state index is -4.94. The number of hydrogen-bond donors (Lipinski definition) is 1. The molecule has 0 amide bonds. The van der Waals surface area contributed by atoms with Gasteiger partial charge in [0.25, 0.3) is 0 Å². The molecule has 15 heteroatoms. The van der Waals surface area contributed by atoms with E-state index >= 15 is 4.39 Å². The van der Waals surface area contributed by atoms with Gasteiger partial charge in [0, 0.05) is 30.8 Å². The zero-order chi connectivity index (χ0) is 29.9. The maximum Gasteiger partial charge on any atom is 0.418 e. The number of rotatable bonds is 4. The van der Waals surface area contributed by atoms with Gasteiger partial charge in [0.2, 0.25) is 5.88 Å². The van der Waals surface area contributed by atoms with Crippen molar-refractivity contribution in [1.82, 2.24) is 19.9 Å². The van der Waals surface area contributed by atoms with E-state index in [9.17, 15) is 17.6 Å². The van der Waals surface area contributed by atoms with Crippen LogP contribution in [0.15, 0.2) is 12.1 Å². The molecular weight excluding hydrogens is 599 g/mol. The highest BCUT2D eigenvalue weighted by molar-refractivity contribution is 6.32. The zero-order valence-corrected chi connectivity index (χ0v) is 23.4. The Hall–Kier alpha value is -3.23. The minimum absolute atomic E-state index is 0.0888. The Morgan fingerprint density at radius 1 is 1.19 bits per heavy atom. The maximum atomic E-state index is 16.5. The normalized spacial score (nSPS) is 27.3. The van der Waals surface area contributed by atoms with Crippen LogP contribution in [0.25, 0.3) is 22.2 Å². The van der Waals surface area contributed by atoms with Gasteiger partial charge in [-0.05, 0) is 31.5 Å². The molecule has 1 unspecified atom stereocenters. The van der Waals surface area contributed by atoms with Crippen LogP contribution in [0.1, 0.15) is 24.8 Å². The summed E-state index contributed by atoms with van der Waals surface area (Å²) in [6, 6.07) is 1.57. The van der Waals surface area contributed by atoms with E-state index in [2.05, 4.69) is 19.9 Å². The Morgan fingerprint density at radius 3 is 2.74 bits per heavy atom. The lowest BCUT2D eigenvalue weighted by Gasteiger charge is -2.60. The predicted molar refractivity (Wildman–Crippen MR) is 146 cm³/mol. The van der Waals surface area contributed by atoms with Crippen molar-refractivity contribution < 1.29 is 36.2 Å². The predicted octanol–water partition coefficient (Wildman–Crippen LogP) is 4.64. The van der Waals surface area contributed by atoms with Crippen LogP contribution in [0.4, 0.5) is 33.5 Å². The quantitative estimate of drug-likeness (QED) is 0.329. The van der Waals surface area contributed by atoms with Crippen molar-refractivity contribution in [2.75, 3.05) is 56.7 Å². The molecule has 4 saturated heterocycles. The largest absolute Gasteiger partial charge is 0.475 e. The summed E-state index contributed by atoms with van der Waals surface area (Å²) in [6.45, 7) is 2.87. The van der Waals surface area contributed by atoms with Crippen LogP contribution < -0.4 is 20.1 Å². The summed E-state index contributed by atoms with van der Waals surface area (Å²) >= 11 is 5.98. The van der Waals surface area contributed by atoms with Gasteiger partial charge in [-0.25, -0.2) is 13.8 Å². The van der Waals surface area contributed by atoms with Crippen LogP contribution in [0.2, 0.25) is 5.02 Å². The van der Waals surface area contributed by atoms with Crippen molar-refractivity contribution in [3.05, 3.63) is 28.5 Å². The first kappa shape index (κ1) is 27.3. The molecule has 0 radical (unpaired) electrons. The molecule has 5 aliphatic heterocycles. The van der Waals surface area contributed by atoms with Gasteiger partial charge in [0.05, 0.1) is 40.8 Å². The van der Waals surface area contributed by atoms with Crippen molar-refractivity contribution in [3.8, 4) is 23.1 Å². The fourth-order valence-corrected chi connectivity index (χ4v) is 7.81. The second-order valence-corrected chi connectivity index (χ2v) is 12.6. The van der Waals surface area contributed by atoms with Gasteiger partial charge < -0.3 is 24.8 Å². The summed E-state index contributed by atoms with van der Waals surface area (Å²) in [4.78, 5) is 17.3. The van der Waals surface area contributed by atoms with Gasteiger partial charge in [-0.2, -0.15) is 23.1 Å². The number of anilines is 2. The summed E-state index contributed by atoms with van der Waals surface area (Å²) in [5.41, 5.74) is 2.14. The number of aromatic nitrogens is 3. The number of halogens is 6. The molecule has 0 bridgehead atoms. The summed E-state index contributed by atoms with van der Waals surface area (Å²) in [7, 11) is 0. The van der Waals surface area contributed by atoms with Gasteiger partial charge in [-0.1, -0.05) is 11.6 Å². The van der Waals surface area contributed by atoms with Crippen LogP contribution >= 0.6 is 11.6 Å². The molecule has 3 atom stereocenters. The monoisotopic (exact) mass is 624 g/mol. The highest BCUT2D eigenvalue weighted by Crippen LogP contribution is 2.52. The summed E-state index contributed by atoms with van der Waals surface area (Å²) in [5, 5.41) is -0.567. The first-order valence-corrected chi connectivity index (χ1v) is 14.4. The number of pyridine rings is 1. The molecule has 9 nitrogen and oxygen atoms in total. The van der Waals surface area contributed by atoms with E-state index in [1.54, 1.807) is 0 Å². The Labute approximate surface area is 247 Å². The Balaban J connectivity index is 1.29. The van der Waals surface area contributed by atoms with Crippen molar-refractivity contribution in [2.45, 2.75) is 43.2 Å². The van der Waals surface area contributed by atoms with E-state index in [1.165, 1.54) is 0 Å². The number of nitrogen functional groups attached to an aromatic ring is 1. The number of benzene rings is 1. The molecule has 4 fully saturated rings. The summed E-state index contributed by atoms with van der Waals surface area (Å²) < 4.78 is 91.0. The lowest BCUT2D eigenvalue weighted by molar-refractivity contribution is -0.158. The third-order valence-corrected chi connectivity index (χ3v) is 9.89. The molecule has 1 spiro atoms. The highest BCUT2D eigenvalue weighted by atomic mass is 35.5. The van der Waals surface area contributed by atoms with Gasteiger partial charge in [0.15, 0.2) is 5.82 Å². The topological polar surface area (TPSA) is 98.9 Å². The minimum Gasteiger partial charge on any atom is -0.475 e. The summed E-state index contributed by atoms with van der Waals surface area (Å²) in [5.74, 6) is -0.930. The second kappa shape index (κ2) is 9.14. The first-order valence-electron chi connectivity index (χ1n) is 14.0. The number of fused-ring (bicyclic) bond motifs is 4. The number of nitrogens with two attached hydrogens (primary N) is 1. The van der Waals surface area contributed by atoms with Crippen LogP contribution in [0.3, 0.4) is 0 Å². The highest BCUT2D eigenvalue weighted by Gasteiger charge is 2.59. The average molecular weight is 625 g/mol. The number of ether oxygens (including phenoxy) is 3. The van der Waals surface area contributed by atoms with Crippen molar-refractivity contribution in [3.63, 3.8) is 0 Å². The average Bonchev–Trinajstić information content (AvgIpc) is 3.38. The standard InChI is InChI=1S/C28H26ClF5N6O3/c29-16-5-14(35)4-15(19(16)28(32,33)34)21-20(31)22-18-23(40-9-26(10-41-11-26)17(40)8-42-24(18)36-21)38-25(37-22)43-12-27-2-1-3-39(27)7-13(30)6-27/h4-5,13,17H,1-3,6-12,35H2/t13-,17?,27+/m1/s1. The van der Waals surface area contributed by atoms with E-state index in [1.807, 2.05) is 4.90 Å². The number of nitrogens with zero attached hydrogens (tertiary/aromatic N) is 5. The SMILES string of the molecule is Nc1cc(Cl)c(C(F)(F)F)c(-c2nc3c4c(nc(OC[C@@]56CCCN5C[C@H](F)C6)nc4c2F)N2CC4(COC4)C2CO3)c1. The van der Waals surface area contributed by atoms with Gasteiger partial charge in [0.1, 0.15) is 41.8 Å². The number of hydrogen-bond acceptors (Lipinski definition) is 9. The molecule has 5 aliphatic rings. The fourth-order valence-electron chi connectivity index (χ4n) is 7.48. The second-order valence-electron chi connectivity index (χ2n) is 12.2. The van der Waals surface area contributed by atoms with Gasteiger partial charge in [-0.15, -0.1) is 0 Å². The third kappa shape index (κ3) is 3.98. The van der Waals surface area contributed by atoms with E-state index in [4.69, 9.17) is 31.5 Å². The fraction of sp³-hybridized carbons (Fsp3) is 0.536. The lowest BCUT2D eigenvalue weighted by atomic mass is 9.70. The molecule has 43 heavy (non-hydrogen) atoms. The van der Waals surface area contributed by atoms with E-state index in [0.717, 1.165) is 31.5 Å². The lowest BCUT2D eigenvalue weighted by Crippen LogP contribution is -2.74. The van der Waals surface area contributed by atoms with Gasteiger partial charge in [-0.3, -0.25) is 4.90 Å². The zero-order valence-electron chi connectivity index (χ0n) is 22.7. The van der Waals surface area contributed by atoms with Crippen LogP contribution in [0, 0.1) is 11.2 Å². The van der Waals surface area contributed by atoms with Crippen molar-refractivity contribution >= 4 is 34.0 Å². The van der Waals surface area contributed by atoms with Crippen LogP contribution in [-0.4, -0.2) is 83.7 Å². The Kier molecular flexibility index (Phi) is 5.81. The molecule has 2 aromatic heterocycles. The molecule has 3 aromatic rings. The third-order valence-electron chi connectivity index (χ3n) is 9.59. The Morgan fingerprint density at radius 2 is 2.00 bits per heavy atom. The molecule has 2 N–H and O–H groups in total. The molecule has 8 rings (SSSR count). The number of alkyl halides is 4. The molecule has 228 valence electrons.